The third kappa shape index (κ3) is 1.98. The number of aromatic nitrogens is 2. The first-order chi connectivity index (χ1) is 6.85. The first-order valence-electron chi connectivity index (χ1n) is 4.98. The monoisotopic (exact) mass is 211 g/mol. The minimum Gasteiger partial charge on any atom is -0.353 e. The second-order valence-corrected chi connectivity index (χ2v) is 3.78. The molecule has 1 aromatic heterocycles. The molecule has 0 bridgehead atoms. The summed E-state index contributed by atoms with van der Waals surface area (Å²) in [5.41, 5.74) is 0.835. The number of rotatable bonds is 4. The van der Waals surface area contributed by atoms with Gasteiger partial charge >= 0.3 is 0 Å². The van der Waals surface area contributed by atoms with Crippen molar-refractivity contribution in [2.24, 2.45) is 0 Å². The molecule has 0 aromatic carbocycles. The van der Waals surface area contributed by atoms with Gasteiger partial charge in [-0.15, -0.1) is 11.6 Å². The molecular formula is C10H14ClN3. The molecule has 1 aliphatic carbocycles. The van der Waals surface area contributed by atoms with Gasteiger partial charge in [-0.1, -0.05) is 0 Å². The second-order valence-electron chi connectivity index (χ2n) is 3.52. The van der Waals surface area contributed by atoms with Crippen molar-refractivity contribution in [3.8, 4) is 0 Å². The van der Waals surface area contributed by atoms with Crippen LogP contribution in [0.3, 0.4) is 0 Å². The Morgan fingerprint density at radius 2 is 2.21 bits per heavy atom. The van der Waals surface area contributed by atoms with E-state index in [1.165, 1.54) is 12.8 Å². The summed E-state index contributed by atoms with van der Waals surface area (Å²) in [5.74, 6) is 1.41. The standard InChI is InChI=1S/C10H14ClN3/c1-2-14(9-3-4-9)10-7-12-8(5-11)6-13-10/h6-7,9H,2-5H2,1H3. The fraction of sp³-hybridized carbons (Fsp3) is 0.600. The quantitative estimate of drug-likeness (QED) is 0.716. The number of nitrogens with zero attached hydrogens (tertiary/aromatic N) is 3. The number of anilines is 1. The molecule has 3 nitrogen and oxygen atoms in total. The zero-order valence-corrected chi connectivity index (χ0v) is 9.04. The van der Waals surface area contributed by atoms with E-state index in [0.717, 1.165) is 18.1 Å². The molecule has 0 spiro atoms. The van der Waals surface area contributed by atoms with Gasteiger partial charge in [-0.25, -0.2) is 4.98 Å². The van der Waals surface area contributed by atoms with E-state index >= 15 is 0 Å². The van der Waals surface area contributed by atoms with E-state index in [2.05, 4.69) is 21.8 Å². The van der Waals surface area contributed by atoms with Crippen LogP contribution in [-0.2, 0) is 5.88 Å². The van der Waals surface area contributed by atoms with Gasteiger partial charge in [0.25, 0.3) is 0 Å². The van der Waals surface area contributed by atoms with Gasteiger partial charge in [0.05, 0.1) is 24.0 Å². The van der Waals surface area contributed by atoms with Crippen LogP contribution < -0.4 is 4.90 Å². The van der Waals surface area contributed by atoms with Gasteiger partial charge in [-0.2, -0.15) is 0 Å². The topological polar surface area (TPSA) is 29.0 Å². The lowest BCUT2D eigenvalue weighted by molar-refractivity contribution is 0.801. The predicted octanol–water partition coefficient (Wildman–Crippen LogP) is 2.20. The average molecular weight is 212 g/mol. The number of hydrogen-bond donors (Lipinski definition) is 0. The molecule has 14 heavy (non-hydrogen) atoms. The van der Waals surface area contributed by atoms with Crippen molar-refractivity contribution in [3.63, 3.8) is 0 Å². The molecule has 0 atom stereocenters. The maximum absolute atomic E-state index is 5.65. The van der Waals surface area contributed by atoms with Gasteiger partial charge in [0.15, 0.2) is 0 Å². The van der Waals surface area contributed by atoms with Gasteiger partial charge < -0.3 is 4.90 Å². The zero-order valence-electron chi connectivity index (χ0n) is 8.28. The lowest BCUT2D eigenvalue weighted by atomic mass is 10.4. The Balaban J connectivity index is 2.13. The van der Waals surface area contributed by atoms with Crippen molar-refractivity contribution < 1.29 is 0 Å². The smallest absolute Gasteiger partial charge is 0.147 e. The molecule has 1 aromatic rings. The van der Waals surface area contributed by atoms with Crippen LogP contribution in [0.1, 0.15) is 25.5 Å². The molecule has 1 fully saturated rings. The molecule has 0 radical (unpaired) electrons. The third-order valence-electron chi connectivity index (χ3n) is 2.45. The van der Waals surface area contributed by atoms with Crippen LogP contribution in [0.4, 0.5) is 5.82 Å². The summed E-state index contributed by atoms with van der Waals surface area (Å²) >= 11 is 5.65. The van der Waals surface area contributed by atoms with Crippen LogP contribution in [0.2, 0.25) is 0 Å². The summed E-state index contributed by atoms with van der Waals surface area (Å²) in [7, 11) is 0. The van der Waals surface area contributed by atoms with Crippen molar-refractivity contribution in [3.05, 3.63) is 18.1 Å². The van der Waals surface area contributed by atoms with E-state index in [4.69, 9.17) is 11.6 Å². The lowest BCUT2D eigenvalue weighted by Crippen LogP contribution is -2.26. The minimum absolute atomic E-state index is 0.433. The molecule has 0 N–H and O–H groups in total. The molecule has 0 saturated heterocycles. The number of hydrogen-bond acceptors (Lipinski definition) is 3. The van der Waals surface area contributed by atoms with Crippen molar-refractivity contribution in [1.29, 1.82) is 0 Å². The molecule has 1 aliphatic rings. The summed E-state index contributed by atoms with van der Waals surface area (Å²) in [6, 6.07) is 0.691. The third-order valence-corrected chi connectivity index (χ3v) is 2.73. The van der Waals surface area contributed by atoms with Crippen molar-refractivity contribution >= 4 is 17.4 Å². The molecular weight excluding hydrogens is 198 g/mol. The van der Waals surface area contributed by atoms with Crippen LogP contribution in [0.25, 0.3) is 0 Å². The Morgan fingerprint density at radius 1 is 1.43 bits per heavy atom. The Labute approximate surface area is 89.1 Å². The molecule has 76 valence electrons. The predicted molar refractivity (Wildman–Crippen MR) is 57.6 cm³/mol. The molecule has 2 rings (SSSR count). The van der Waals surface area contributed by atoms with Crippen LogP contribution in [0, 0.1) is 0 Å². The van der Waals surface area contributed by atoms with Gasteiger partial charge in [0.1, 0.15) is 5.82 Å². The second kappa shape index (κ2) is 4.13. The van der Waals surface area contributed by atoms with Crippen molar-refractivity contribution in [1.82, 2.24) is 9.97 Å². The van der Waals surface area contributed by atoms with Gasteiger partial charge in [0.2, 0.25) is 0 Å². The maximum Gasteiger partial charge on any atom is 0.147 e. The van der Waals surface area contributed by atoms with E-state index in [1.54, 1.807) is 6.20 Å². The fourth-order valence-corrected chi connectivity index (χ4v) is 1.70. The minimum atomic E-state index is 0.433. The SMILES string of the molecule is CCN(c1cnc(CCl)cn1)C1CC1. The first kappa shape index (κ1) is 9.71. The Kier molecular flexibility index (Phi) is 2.87. The normalized spacial score (nSPS) is 15.6. The van der Waals surface area contributed by atoms with Gasteiger partial charge in [-0.05, 0) is 19.8 Å². The molecule has 1 saturated carbocycles. The molecule has 0 amide bonds. The van der Waals surface area contributed by atoms with Crippen LogP contribution >= 0.6 is 11.6 Å². The highest BCUT2D eigenvalue weighted by Crippen LogP contribution is 2.29. The van der Waals surface area contributed by atoms with Crippen molar-refractivity contribution in [2.75, 3.05) is 11.4 Å². The number of halogens is 1. The summed E-state index contributed by atoms with van der Waals surface area (Å²) in [6.45, 7) is 3.15. The summed E-state index contributed by atoms with van der Waals surface area (Å²) in [4.78, 5) is 10.9. The zero-order chi connectivity index (χ0) is 9.97. The largest absolute Gasteiger partial charge is 0.353 e. The molecule has 0 unspecified atom stereocenters. The van der Waals surface area contributed by atoms with E-state index in [1.807, 2.05) is 6.20 Å². The highest BCUT2D eigenvalue weighted by Gasteiger charge is 2.28. The fourth-order valence-electron chi connectivity index (χ4n) is 1.56. The summed E-state index contributed by atoms with van der Waals surface area (Å²) in [6.07, 6.45) is 6.15. The van der Waals surface area contributed by atoms with E-state index in [-0.39, 0.29) is 0 Å². The Bertz CT molecular complexity index is 295. The van der Waals surface area contributed by atoms with Crippen LogP contribution in [0.15, 0.2) is 12.4 Å². The Morgan fingerprint density at radius 3 is 2.64 bits per heavy atom. The van der Waals surface area contributed by atoms with E-state index in [9.17, 15) is 0 Å². The molecule has 1 heterocycles. The molecule has 0 aliphatic heterocycles. The van der Waals surface area contributed by atoms with Crippen molar-refractivity contribution in [2.45, 2.75) is 31.7 Å². The van der Waals surface area contributed by atoms with Gasteiger partial charge in [-0.3, -0.25) is 4.98 Å². The molecule has 4 heteroatoms. The summed E-state index contributed by atoms with van der Waals surface area (Å²) < 4.78 is 0. The van der Waals surface area contributed by atoms with Crippen LogP contribution in [-0.4, -0.2) is 22.6 Å². The highest BCUT2D eigenvalue weighted by atomic mass is 35.5. The summed E-state index contributed by atoms with van der Waals surface area (Å²) in [5, 5.41) is 0. The van der Waals surface area contributed by atoms with E-state index < -0.39 is 0 Å². The van der Waals surface area contributed by atoms with Gasteiger partial charge in [0, 0.05) is 12.6 Å². The maximum atomic E-state index is 5.65. The Hall–Kier alpha value is -0.830. The first-order valence-corrected chi connectivity index (χ1v) is 5.52. The number of alkyl halides is 1. The highest BCUT2D eigenvalue weighted by molar-refractivity contribution is 6.16. The van der Waals surface area contributed by atoms with E-state index in [0.29, 0.717) is 11.9 Å². The lowest BCUT2D eigenvalue weighted by Gasteiger charge is -2.20. The van der Waals surface area contributed by atoms with Crippen LogP contribution in [0.5, 0.6) is 0 Å². The average Bonchev–Trinajstić information content (AvgIpc) is 3.04.